The number of pyridine rings is 1. The molecule has 0 spiro atoms. The van der Waals surface area contributed by atoms with Gasteiger partial charge in [-0.05, 0) is 52.0 Å². The zero-order valence-corrected chi connectivity index (χ0v) is 16.4. The van der Waals surface area contributed by atoms with E-state index >= 15 is 0 Å². The van der Waals surface area contributed by atoms with Crippen molar-refractivity contribution in [2.45, 2.75) is 70.7 Å². The molecule has 0 aromatic carbocycles. The summed E-state index contributed by atoms with van der Waals surface area (Å²) in [6.07, 6.45) is 0.127. The number of nitrogens with one attached hydrogen (secondary N) is 1. The van der Waals surface area contributed by atoms with Gasteiger partial charge in [-0.15, -0.1) is 0 Å². The lowest BCUT2D eigenvalue weighted by Gasteiger charge is -2.29. The molecule has 9 heteroatoms. The third-order valence-electron chi connectivity index (χ3n) is 5.17. The van der Waals surface area contributed by atoms with Gasteiger partial charge in [0, 0.05) is 30.3 Å². The Kier molecular flexibility index (Phi) is 6.44. The van der Waals surface area contributed by atoms with Crippen LogP contribution >= 0.6 is 0 Å². The molecule has 0 bridgehead atoms. The van der Waals surface area contributed by atoms with Gasteiger partial charge < -0.3 is 14.6 Å². The smallest absolute Gasteiger partial charge is 0.417 e. The first kappa shape index (κ1) is 21.1. The highest BCUT2D eigenvalue weighted by Crippen LogP contribution is 2.30. The molecule has 1 N–H and O–H groups in total. The zero-order chi connectivity index (χ0) is 21.0. The summed E-state index contributed by atoms with van der Waals surface area (Å²) in [4.78, 5) is 16.0. The van der Waals surface area contributed by atoms with Gasteiger partial charge in [0.15, 0.2) is 0 Å². The number of hydrogen-bond acceptors (Lipinski definition) is 5. The average molecular weight is 411 g/mol. The largest absolute Gasteiger partial charge is 0.474 e. The highest BCUT2D eigenvalue weighted by Gasteiger charge is 2.31. The molecule has 29 heavy (non-hydrogen) atoms. The number of rotatable bonds is 6. The van der Waals surface area contributed by atoms with Crippen molar-refractivity contribution in [2.75, 3.05) is 0 Å². The van der Waals surface area contributed by atoms with E-state index in [1.54, 1.807) is 0 Å². The Hall–Kier alpha value is -2.58. The SMILES string of the molecule is Cc1noc(C)c1CCC(=O)NC1CCC(Oc2ccc(C(F)(F)F)cn2)CC1. The van der Waals surface area contributed by atoms with Gasteiger partial charge in [0.25, 0.3) is 0 Å². The second kappa shape index (κ2) is 8.84. The Bertz CT molecular complexity index is 806. The molecule has 1 fully saturated rings. The lowest BCUT2D eigenvalue weighted by atomic mass is 9.92. The quantitative estimate of drug-likeness (QED) is 0.773. The summed E-state index contributed by atoms with van der Waals surface area (Å²) in [5.41, 5.74) is 0.985. The summed E-state index contributed by atoms with van der Waals surface area (Å²) in [6, 6.07) is 2.28. The molecule has 0 atom stereocenters. The Morgan fingerprint density at radius 2 is 1.97 bits per heavy atom. The number of carbonyl (C=O) groups excluding carboxylic acids is 1. The molecule has 2 aromatic heterocycles. The zero-order valence-electron chi connectivity index (χ0n) is 16.4. The third kappa shape index (κ3) is 5.71. The van der Waals surface area contributed by atoms with Crippen LogP contribution in [-0.2, 0) is 17.4 Å². The van der Waals surface area contributed by atoms with Crippen molar-refractivity contribution in [3.05, 3.63) is 40.9 Å². The number of hydrogen-bond donors (Lipinski definition) is 1. The van der Waals surface area contributed by atoms with E-state index in [4.69, 9.17) is 9.26 Å². The van der Waals surface area contributed by atoms with Gasteiger partial charge in [0.1, 0.15) is 11.9 Å². The monoisotopic (exact) mass is 411 g/mol. The van der Waals surface area contributed by atoms with Crippen LogP contribution in [-0.4, -0.2) is 28.2 Å². The van der Waals surface area contributed by atoms with E-state index in [1.807, 2.05) is 13.8 Å². The first-order chi connectivity index (χ1) is 13.7. The van der Waals surface area contributed by atoms with Gasteiger partial charge in [-0.3, -0.25) is 4.79 Å². The molecule has 2 heterocycles. The fourth-order valence-corrected chi connectivity index (χ4v) is 3.51. The van der Waals surface area contributed by atoms with Crippen LogP contribution in [0.4, 0.5) is 13.2 Å². The molecule has 1 aliphatic carbocycles. The van der Waals surface area contributed by atoms with Crippen molar-refractivity contribution in [1.82, 2.24) is 15.5 Å². The molecule has 0 unspecified atom stereocenters. The van der Waals surface area contributed by atoms with Crippen molar-refractivity contribution < 1.29 is 27.2 Å². The van der Waals surface area contributed by atoms with E-state index in [1.165, 1.54) is 6.07 Å². The lowest BCUT2D eigenvalue weighted by Crippen LogP contribution is -2.39. The number of carbonyl (C=O) groups is 1. The van der Waals surface area contributed by atoms with Crippen LogP contribution in [0.1, 0.15) is 54.7 Å². The number of ether oxygens (including phenoxy) is 1. The Labute approximate surface area is 166 Å². The van der Waals surface area contributed by atoms with Crippen molar-refractivity contribution in [3.63, 3.8) is 0 Å². The van der Waals surface area contributed by atoms with Crippen molar-refractivity contribution in [2.24, 2.45) is 0 Å². The molecule has 1 amide bonds. The van der Waals surface area contributed by atoms with Gasteiger partial charge in [-0.2, -0.15) is 13.2 Å². The standard InChI is InChI=1S/C20H24F3N3O3/c1-12-17(13(2)29-26-12)8-9-18(27)25-15-4-6-16(7-5-15)28-19-10-3-14(11-24-19)20(21,22)23/h3,10-11,15-16H,4-9H2,1-2H3,(H,25,27). The highest BCUT2D eigenvalue weighted by atomic mass is 19.4. The van der Waals surface area contributed by atoms with E-state index in [0.717, 1.165) is 42.1 Å². The molecule has 1 aliphatic rings. The first-order valence-electron chi connectivity index (χ1n) is 9.63. The van der Waals surface area contributed by atoms with Crippen molar-refractivity contribution in [3.8, 4) is 5.88 Å². The number of halogens is 3. The molecule has 1 saturated carbocycles. The van der Waals surface area contributed by atoms with Crippen LogP contribution in [0.5, 0.6) is 5.88 Å². The topological polar surface area (TPSA) is 77.2 Å². The van der Waals surface area contributed by atoms with Crippen LogP contribution in [0.25, 0.3) is 0 Å². The van der Waals surface area contributed by atoms with E-state index in [0.29, 0.717) is 25.7 Å². The Balaban J connectivity index is 1.40. The molecular formula is C20H24F3N3O3. The molecule has 0 saturated heterocycles. The molecule has 6 nitrogen and oxygen atoms in total. The van der Waals surface area contributed by atoms with Crippen molar-refractivity contribution >= 4 is 5.91 Å². The predicted octanol–water partition coefficient (Wildman–Crippen LogP) is 4.14. The van der Waals surface area contributed by atoms with Crippen LogP contribution in [0, 0.1) is 13.8 Å². The fraction of sp³-hybridized carbons (Fsp3) is 0.550. The van der Waals surface area contributed by atoms with E-state index in [9.17, 15) is 18.0 Å². The second-order valence-electron chi connectivity index (χ2n) is 7.34. The van der Waals surface area contributed by atoms with Crippen molar-refractivity contribution in [1.29, 1.82) is 0 Å². The predicted molar refractivity (Wildman–Crippen MR) is 98.4 cm³/mol. The number of nitrogens with zero attached hydrogens (tertiary/aromatic N) is 2. The highest BCUT2D eigenvalue weighted by molar-refractivity contribution is 5.76. The Morgan fingerprint density at radius 1 is 1.24 bits per heavy atom. The van der Waals surface area contributed by atoms with Gasteiger partial charge in [-0.1, -0.05) is 5.16 Å². The lowest BCUT2D eigenvalue weighted by molar-refractivity contribution is -0.137. The average Bonchev–Trinajstić information content (AvgIpc) is 2.99. The van der Waals surface area contributed by atoms with Gasteiger partial charge >= 0.3 is 6.18 Å². The van der Waals surface area contributed by atoms with E-state index in [2.05, 4.69) is 15.5 Å². The number of aromatic nitrogens is 2. The van der Waals surface area contributed by atoms with Crippen LogP contribution in [0.15, 0.2) is 22.9 Å². The summed E-state index contributed by atoms with van der Waals surface area (Å²) in [6.45, 7) is 3.69. The van der Waals surface area contributed by atoms with E-state index in [-0.39, 0.29) is 23.9 Å². The summed E-state index contributed by atoms with van der Waals surface area (Å²) in [5, 5.41) is 6.93. The Morgan fingerprint density at radius 3 is 2.52 bits per heavy atom. The number of amides is 1. The molecule has 3 rings (SSSR count). The van der Waals surface area contributed by atoms with Crippen LogP contribution < -0.4 is 10.1 Å². The van der Waals surface area contributed by atoms with Gasteiger partial charge in [0.2, 0.25) is 11.8 Å². The second-order valence-corrected chi connectivity index (χ2v) is 7.34. The van der Waals surface area contributed by atoms with Gasteiger partial charge in [-0.25, -0.2) is 4.98 Å². The maximum Gasteiger partial charge on any atom is 0.417 e. The summed E-state index contributed by atoms with van der Waals surface area (Å²) in [5.74, 6) is 0.911. The normalized spacial score (nSPS) is 19.8. The number of aryl methyl sites for hydroxylation is 2. The third-order valence-corrected chi connectivity index (χ3v) is 5.17. The van der Waals surface area contributed by atoms with Gasteiger partial charge in [0.05, 0.1) is 11.3 Å². The molecule has 0 radical (unpaired) electrons. The number of alkyl halides is 3. The summed E-state index contributed by atoms with van der Waals surface area (Å²) in [7, 11) is 0. The van der Waals surface area contributed by atoms with Crippen LogP contribution in [0.3, 0.4) is 0 Å². The summed E-state index contributed by atoms with van der Waals surface area (Å²) < 4.78 is 48.5. The maximum atomic E-state index is 12.6. The maximum absolute atomic E-state index is 12.6. The minimum atomic E-state index is -4.41. The fourth-order valence-electron chi connectivity index (χ4n) is 3.51. The minimum Gasteiger partial charge on any atom is -0.474 e. The van der Waals surface area contributed by atoms with E-state index < -0.39 is 11.7 Å². The van der Waals surface area contributed by atoms with Crippen LogP contribution in [0.2, 0.25) is 0 Å². The molecule has 2 aromatic rings. The molecule has 0 aliphatic heterocycles. The molecule has 158 valence electrons. The molecular weight excluding hydrogens is 387 g/mol. The minimum absolute atomic E-state index is 0.0150. The first-order valence-corrected chi connectivity index (χ1v) is 9.63. The summed E-state index contributed by atoms with van der Waals surface area (Å²) >= 11 is 0.